The fraction of sp³-hybridized carbons (Fsp3) is 0.857. The minimum Gasteiger partial charge on any atom is -0.444 e. The summed E-state index contributed by atoms with van der Waals surface area (Å²) in [5.74, 6) is 0. The van der Waals surface area contributed by atoms with Gasteiger partial charge in [-0.1, -0.05) is 0 Å². The minimum absolute atomic E-state index is 0.346. The summed E-state index contributed by atoms with van der Waals surface area (Å²) in [6.45, 7) is 16.3. The maximum Gasteiger partial charge on any atom is 0.410 e. The number of carbonyl (C=O) groups excluding carboxylic acids is 1. The van der Waals surface area contributed by atoms with Crippen LogP contribution in [0.4, 0.5) is 9.18 Å². The number of carbonyl (C=O) groups is 1. The summed E-state index contributed by atoms with van der Waals surface area (Å²) in [5, 5.41) is 0. The zero-order valence-electron chi connectivity index (χ0n) is 12.4. The van der Waals surface area contributed by atoms with Gasteiger partial charge in [-0.15, -0.1) is 0 Å². The molecule has 0 radical (unpaired) electrons. The summed E-state index contributed by atoms with van der Waals surface area (Å²) < 4.78 is 19.5. The van der Waals surface area contributed by atoms with Gasteiger partial charge in [0.25, 0.3) is 5.54 Å². The molecule has 1 fully saturated rings. The first kappa shape index (κ1) is 15.7. The number of halogens is 1. The number of alkyl halides is 1. The Morgan fingerprint density at radius 2 is 1.74 bits per heavy atom. The van der Waals surface area contributed by atoms with Gasteiger partial charge >= 0.3 is 6.09 Å². The summed E-state index contributed by atoms with van der Waals surface area (Å²) >= 11 is 0. The topological polar surface area (TPSA) is 33.9 Å². The maximum atomic E-state index is 14.2. The molecule has 0 atom stereocenters. The Labute approximate surface area is 114 Å². The summed E-state index contributed by atoms with van der Waals surface area (Å²) in [7, 11) is 0. The highest BCUT2D eigenvalue weighted by Gasteiger charge is 2.54. The van der Waals surface area contributed by atoms with Crippen LogP contribution >= 0.6 is 0 Å². The Kier molecular flexibility index (Phi) is 4.14. The van der Waals surface area contributed by atoms with Crippen molar-refractivity contribution >= 4 is 6.09 Å². The predicted molar refractivity (Wildman–Crippen MR) is 71.6 cm³/mol. The fourth-order valence-corrected chi connectivity index (χ4v) is 2.22. The van der Waals surface area contributed by atoms with Gasteiger partial charge in [-0.05, 0) is 34.6 Å². The van der Waals surface area contributed by atoms with Crippen LogP contribution in [0.1, 0.15) is 47.5 Å². The minimum atomic E-state index is -1.56. The van der Waals surface area contributed by atoms with E-state index in [-0.39, 0.29) is 6.09 Å². The summed E-state index contributed by atoms with van der Waals surface area (Å²) in [6.07, 6.45) is 0.307. The van der Waals surface area contributed by atoms with Crippen molar-refractivity contribution in [2.24, 2.45) is 0 Å². The van der Waals surface area contributed by atoms with Crippen LogP contribution in [0.3, 0.4) is 0 Å². The first-order valence-corrected chi connectivity index (χ1v) is 6.56. The van der Waals surface area contributed by atoms with Gasteiger partial charge in [-0.25, -0.2) is 15.8 Å². The molecular weight excluding hydrogens is 247 g/mol. The van der Waals surface area contributed by atoms with Crippen molar-refractivity contribution in [2.45, 2.75) is 64.3 Å². The number of piperidine rings is 1. The van der Waals surface area contributed by atoms with Crippen LogP contribution in [-0.4, -0.2) is 40.9 Å². The highest BCUT2D eigenvalue weighted by atomic mass is 19.1. The average Bonchev–Trinajstić information content (AvgIpc) is 2.25. The van der Waals surface area contributed by atoms with Crippen molar-refractivity contribution in [1.82, 2.24) is 4.90 Å². The van der Waals surface area contributed by atoms with Crippen LogP contribution < -0.4 is 0 Å². The molecule has 0 spiro atoms. The molecule has 1 rings (SSSR count). The molecule has 0 aromatic rings. The van der Waals surface area contributed by atoms with Crippen molar-refractivity contribution in [3.8, 4) is 0 Å². The molecule has 1 aliphatic rings. The van der Waals surface area contributed by atoms with E-state index in [0.29, 0.717) is 25.9 Å². The molecule has 1 amide bonds. The zero-order chi connectivity index (χ0) is 14.9. The molecule has 0 N–H and O–H groups in total. The lowest BCUT2D eigenvalue weighted by Gasteiger charge is -2.38. The Hall–Kier alpha value is -1.31. The van der Waals surface area contributed by atoms with Gasteiger partial charge < -0.3 is 14.5 Å². The van der Waals surface area contributed by atoms with Crippen LogP contribution in [-0.2, 0) is 4.74 Å². The summed E-state index contributed by atoms with van der Waals surface area (Å²) in [5.41, 5.74) is -3.12. The second-order valence-corrected chi connectivity index (χ2v) is 6.58. The third-order valence-electron chi connectivity index (χ3n) is 3.56. The SMILES string of the molecule is [C-]#[N+]C1(C(C)(C)F)CCN(C(=O)OC(C)(C)C)CC1. The van der Waals surface area contributed by atoms with Gasteiger partial charge in [0.05, 0.1) is 0 Å². The lowest BCUT2D eigenvalue weighted by Crippen LogP contribution is -2.54. The molecule has 1 saturated heterocycles. The van der Waals surface area contributed by atoms with Gasteiger partial charge in [0.2, 0.25) is 0 Å². The first-order chi connectivity index (χ1) is 8.51. The van der Waals surface area contributed by atoms with Crippen molar-refractivity contribution in [1.29, 1.82) is 0 Å². The number of likely N-dealkylation sites (tertiary alicyclic amines) is 1. The van der Waals surface area contributed by atoms with E-state index in [1.54, 1.807) is 4.90 Å². The highest BCUT2D eigenvalue weighted by Crippen LogP contribution is 2.39. The normalized spacial score (nSPS) is 19.7. The third kappa shape index (κ3) is 3.59. The van der Waals surface area contributed by atoms with E-state index in [0.717, 1.165) is 0 Å². The average molecular weight is 270 g/mol. The highest BCUT2D eigenvalue weighted by molar-refractivity contribution is 5.68. The van der Waals surface area contributed by atoms with Gasteiger partial charge in [0, 0.05) is 25.9 Å². The van der Waals surface area contributed by atoms with Crippen LogP contribution in [0.2, 0.25) is 0 Å². The van der Waals surface area contributed by atoms with Crippen molar-refractivity contribution in [3.63, 3.8) is 0 Å². The van der Waals surface area contributed by atoms with E-state index in [9.17, 15) is 9.18 Å². The van der Waals surface area contributed by atoms with Crippen molar-refractivity contribution in [2.75, 3.05) is 13.1 Å². The van der Waals surface area contributed by atoms with E-state index in [1.807, 2.05) is 20.8 Å². The molecule has 0 aromatic heterocycles. The third-order valence-corrected chi connectivity index (χ3v) is 3.56. The Balaban J connectivity index is 2.68. The Morgan fingerprint density at radius 3 is 2.05 bits per heavy atom. The zero-order valence-corrected chi connectivity index (χ0v) is 12.4. The maximum absolute atomic E-state index is 14.2. The second-order valence-electron chi connectivity index (χ2n) is 6.58. The van der Waals surface area contributed by atoms with Gasteiger partial charge in [0.1, 0.15) is 5.60 Å². The molecular formula is C14H23FN2O2. The van der Waals surface area contributed by atoms with Gasteiger partial charge in [-0.3, -0.25) is 0 Å². The lowest BCUT2D eigenvalue weighted by molar-refractivity contribution is 0.00688. The molecule has 0 saturated carbocycles. The van der Waals surface area contributed by atoms with E-state index >= 15 is 0 Å². The molecule has 0 aliphatic carbocycles. The van der Waals surface area contributed by atoms with E-state index in [2.05, 4.69) is 4.85 Å². The number of nitrogens with zero attached hydrogens (tertiary/aromatic N) is 2. The molecule has 0 aromatic carbocycles. The fourth-order valence-electron chi connectivity index (χ4n) is 2.22. The number of hydrogen-bond acceptors (Lipinski definition) is 2. The van der Waals surface area contributed by atoms with E-state index in [1.165, 1.54) is 13.8 Å². The van der Waals surface area contributed by atoms with Gasteiger partial charge in [-0.2, -0.15) is 0 Å². The summed E-state index contributed by atoms with van der Waals surface area (Å²) in [4.78, 5) is 17.0. The number of rotatable bonds is 1. The quantitative estimate of drug-likeness (QED) is 0.684. The predicted octanol–water partition coefficient (Wildman–Crippen LogP) is 3.42. The molecule has 108 valence electrons. The molecule has 1 heterocycles. The Morgan fingerprint density at radius 1 is 1.26 bits per heavy atom. The smallest absolute Gasteiger partial charge is 0.410 e. The van der Waals surface area contributed by atoms with E-state index in [4.69, 9.17) is 11.3 Å². The Bertz CT molecular complexity index is 380. The molecule has 19 heavy (non-hydrogen) atoms. The number of ether oxygens (including phenoxy) is 1. The standard InChI is InChI=1S/C14H23FN2O2/c1-12(2,3)19-11(18)17-9-7-14(16-6,8-10-17)13(4,5)15/h7-10H2,1-5H3. The molecule has 1 aliphatic heterocycles. The number of hydrogen-bond donors (Lipinski definition) is 0. The molecule has 4 nitrogen and oxygen atoms in total. The van der Waals surface area contributed by atoms with Crippen molar-refractivity contribution in [3.05, 3.63) is 11.4 Å². The monoisotopic (exact) mass is 270 g/mol. The van der Waals surface area contributed by atoms with E-state index < -0.39 is 16.8 Å². The second kappa shape index (κ2) is 4.99. The van der Waals surface area contributed by atoms with Crippen LogP contribution in [0.25, 0.3) is 4.85 Å². The molecule has 0 bridgehead atoms. The van der Waals surface area contributed by atoms with Gasteiger partial charge in [0.15, 0.2) is 5.67 Å². The summed E-state index contributed by atoms with van der Waals surface area (Å²) in [6, 6.07) is 0. The van der Waals surface area contributed by atoms with Crippen molar-refractivity contribution < 1.29 is 13.9 Å². The molecule has 0 unspecified atom stereocenters. The molecule has 5 heteroatoms. The van der Waals surface area contributed by atoms with Crippen LogP contribution in [0.5, 0.6) is 0 Å². The largest absolute Gasteiger partial charge is 0.444 e. The first-order valence-electron chi connectivity index (χ1n) is 6.56. The number of amides is 1. The van der Waals surface area contributed by atoms with Crippen LogP contribution in [0, 0.1) is 6.57 Å². The lowest BCUT2D eigenvalue weighted by atomic mass is 9.77. The van der Waals surface area contributed by atoms with Crippen LogP contribution in [0.15, 0.2) is 0 Å².